The van der Waals surface area contributed by atoms with E-state index in [-0.39, 0.29) is 18.9 Å². The van der Waals surface area contributed by atoms with Gasteiger partial charge in [0.25, 0.3) is 0 Å². The first-order valence-electron chi connectivity index (χ1n) is 7.90. The normalized spacial score (nSPS) is 13.0. The molecule has 0 radical (unpaired) electrons. The van der Waals surface area contributed by atoms with Crippen LogP contribution in [0, 0.1) is 0 Å². The summed E-state index contributed by atoms with van der Waals surface area (Å²) < 4.78 is 4.92. The van der Waals surface area contributed by atoms with Crippen molar-refractivity contribution in [3.05, 3.63) is 66.2 Å². The zero-order valence-electron chi connectivity index (χ0n) is 13.9. The number of nitrogens with one attached hydrogen (secondary N) is 1. The van der Waals surface area contributed by atoms with Crippen LogP contribution in [0.3, 0.4) is 0 Å². The van der Waals surface area contributed by atoms with Crippen LogP contribution in [0.1, 0.15) is 17.2 Å². The van der Waals surface area contributed by atoms with Crippen molar-refractivity contribution < 1.29 is 19.4 Å². The van der Waals surface area contributed by atoms with Gasteiger partial charge in [-0.05, 0) is 17.7 Å². The van der Waals surface area contributed by atoms with Crippen LogP contribution in [0.15, 0.2) is 65.6 Å². The van der Waals surface area contributed by atoms with Gasteiger partial charge >= 0.3 is 5.97 Å². The second-order valence-electron chi connectivity index (χ2n) is 5.40. The molecule has 0 spiro atoms. The number of aliphatic carboxylic acids is 1. The number of hydrogen-bond acceptors (Lipinski definition) is 4. The maximum Gasteiger partial charge on any atom is 0.326 e. The summed E-state index contributed by atoms with van der Waals surface area (Å²) in [7, 11) is 1.50. The van der Waals surface area contributed by atoms with Crippen LogP contribution in [0.4, 0.5) is 0 Å². The molecule has 0 aromatic heterocycles. The molecule has 0 aliphatic heterocycles. The minimum absolute atomic E-state index is 0.217. The van der Waals surface area contributed by atoms with Gasteiger partial charge in [-0.1, -0.05) is 48.5 Å². The van der Waals surface area contributed by atoms with Crippen molar-refractivity contribution in [2.45, 2.75) is 22.6 Å². The quantitative estimate of drug-likeness (QED) is 0.673. The lowest BCUT2D eigenvalue weighted by Crippen LogP contribution is -2.43. The summed E-state index contributed by atoms with van der Waals surface area (Å²) >= 11 is 1.39. The summed E-state index contributed by atoms with van der Waals surface area (Å²) in [4.78, 5) is 25.1. The van der Waals surface area contributed by atoms with Crippen LogP contribution in [-0.4, -0.2) is 36.7 Å². The average molecular weight is 359 g/mol. The smallest absolute Gasteiger partial charge is 0.326 e. The fourth-order valence-corrected chi connectivity index (χ4v) is 3.33. The molecule has 2 atom stereocenters. The molecule has 25 heavy (non-hydrogen) atoms. The van der Waals surface area contributed by atoms with Crippen molar-refractivity contribution in [2.75, 3.05) is 13.7 Å². The van der Waals surface area contributed by atoms with Crippen LogP contribution < -0.4 is 5.32 Å². The number of carbonyl (C=O) groups is 2. The summed E-state index contributed by atoms with van der Waals surface area (Å²) in [5.74, 6) is -1.40. The van der Waals surface area contributed by atoms with E-state index in [4.69, 9.17) is 4.74 Å². The van der Waals surface area contributed by atoms with Gasteiger partial charge in [-0.2, -0.15) is 0 Å². The Bertz CT molecular complexity index is 678. The number of hydrogen-bond donors (Lipinski definition) is 2. The Morgan fingerprint density at radius 1 is 1.08 bits per heavy atom. The van der Waals surface area contributed by atoms with Crippen molar-refractivity contribution in [3.8, 4) is 0 Å². The minimum atomic E-state index is -1.07. The maximum absolute atomic E-state index is 12.8. The topological polar surface area (TPSA) is 75.6 Å². The average Bonchev–Trinajstić information content (AvgIpc) is 2.64. The van der Waals surface area contributed by atoms with E-state index in [0.29, 0.717) is 0 Å². The fraction of sp³-hybridized carbons (Fsp3) is 0.263. The Balaban J connectivity index is 2.19. The molecule has 0 aliphatic carbocycles. The maximum atomic E-state index is 12.8. The molecule has 0 bridgehead atoms. The van der Waals surface area contributed by atoms with Crippen molar-refractivity contribution in [2.24, 2.45) is 0 Å². The first kappa shape index (κ1) is 19.0. The molecule has 132 valence electrons. The van der Waals surface area contributed by atoms with E-state index in [2.05, 4.69) is 5.32 Å². The number of ether oxygens (including phenoxy) is 1. The van der Waals surface area contributed by atoms with Crippen LogP contribution in [0.5, 0.6) is 0 Å². The molecule has 0 fully saturated rings. The lowest BCUT2D eigenvalue weighted by Gasteiger charge is -2.20. The lowest BCUT2D eigenvalue weighted by atomic mass is 10.1. The van der Waals surface area contributed by atoms with Crippen molar-refractivity contribution in [1.82, 2.24) is 5.32 Å². The third kappa shape index (κ3) is 5.92. The summed E-state index contributed by atoms with van der Waals surface area (Å²) in [5, 5.41) is 11.4. The fourth-order valence-electron chi connectivity index (χ4n) is 2.28. The Labute approximate surface area is 151 Å². The lowest BCUT2D eigenvalue weighted by molar-refractivity contribution is -0.142. The third-order valence-corrected chi connectivity index (χ3v) is 4.83. The summed E-state index contributed by atoms with van der Waals surface area (Å²) in [6, 6.07) is 17.9. The highest BCUT2D eigenvalue weighted by atomic mass is 32.2. The SMILES string of the molecule is COCCC(NC(=O)C(Sc1ccccc1)c1ccccc1)C(=O)O. The van der Waals surface area contributed by atoms with E-state index < -0.39 is 17.3 Å². The van der Waals surface area contributed by atoms with Crippen LogP contribution in [0.2, 0.25) is 0 Å². The van der Waals surface area contributed by atoms with Gasteiger partial charge in [-0.15, -0.1) is 11.8 Å². The molecule has 6 heteroatoms. The Morgan fingerprint density at radius 3 is 2.24 bits per heavy atom. The molecular formula is C19H21NO4S. The number of amides is 1. The monoisotopic (exact) mass is 359 g/mol. The van der Waals surface area contributed by atoms with Crippen LogP contribution >= 0.6 is 11.8 Å². The van der Waals surface area contributed by atoms with Gasteiger partial charge in [0.05, 0.1) is 0 Å². The van der Waals surface area contributed by atoms with Crippen molar-refractivity contribution in [1.29, 1.82) is 0 Å². The summed E-state index contributed by atoms with van der Waals surface area (Å²) in [6.45, 7) is 0.263. The predicted octanol–water partition coefficient (Wildman–Crippen LogP) is 3.13. The number of carboxylic acids is 1. The molecule has 5 nitrogen and oxygen atoms in total. The molecule has 2 rings (SSSR count). The first-order chi connectivity index (χ1) is 12.1. The number of carboxylic acid groups (broad SMARTS) is 1. The highest BCUT2D eigenvalue weighted by molar-refractivity contribution is 8.00. The molecular weight excluding hydrogens is 338 g/mol. The molecule has 0 heterocycles. The second kappa shape index (κ2) is 9.86. The van der Waals surface area contributed by atoms with Gasteiger partial charge < -0.3 is 15.2 Å². The summed E-state index contributed by atoms with van der Waals surface area (Å²) in [5.41, 5.74) is 0.824. The Kier molecular flexibility index (Phi) is 7.50. The van der Waals surface area contributed by atoms with Gasteiger partial charge in [0, 0.05) is 25.0 Å². The second-order valence-corrected chi connectivity index (χ2v) is 6.58. The van der Waals surface area contributed by atoms with Gasteiger partial charge in [0.2, 0.25) is 5.91 Å². The van der Waals surface area contributed by atoms with Crippen LogP contribution in [-0.2, 0) is 14.3 Å². The van der Waals surface area contributed by atoms with E-state index in [1.54, 1.807) is 0 Å². The largest absolute Gasteiger partial charge is 0.480 e. The molecule has 2 N–H and O–H groups in total. The van der Waals surface area contributed by atoms with E-state index in [1.807, 2.05) is 60.7 Å². The highest BCUT2D eigenvalue weighted by Gasteiger charge is 2.27. The molecule has 0 aliphatic rings. The van der Waals surface area contributed by atoms with Gasteiger partial charge in [0.15, 0.2) is 0 Å². The summed E-state index contributed by atoms with van der Waals surface area (Å²) in [6.07, 6.45) is 0.217. The van der Waals surface area contributed by atoms with Gasteiger partial charge in [-0.25, -0.2) is 4.79 Å². The number of rotatable bonds is 9. The Hall–Kier alpha value is -2.31. The van der Waals surface area contributed by atoms with Crippen molar-refractivity contribution in [3.63, 3.8) is 0 Å². The third-order valence-electron chi connectivity index (χ3n) is 3.56. The highest BCUT2D eigenvalue weighted by Crippen LogP contribution is 2.35. The number of benzene rings is 2. The first-order valence-corrected chi connectivity index (χ1v) is 8.78. The number of methoxy groups -OCH3 is 1. The van der Waals surface area contributed by atoms with E-state index in [9.17, 15) is 14.7 Å². The number of carbonyl (C=O) groups excluding carboxylic acids is 1. The molecule has 2 aromatic carbocycles. The predicted molar refractivity (Wildman–Crippen MR) is 97.5 cm³/mol. The number of thioether (sulfide) groups is 1. The zero-order chi connectivity index (χ0) is 18.1. The standard InChI is InChI=1S/C19H21NO4S/c1-24-13-12-16(19(22)23)20-18(21)17(14-8-4-2-5-9-14)25-15-10-6-3-7-11-15/h2-11,16-17H,12-13H2,1H3,(H,20,21)(H,22,23). The van der Waals surface area contributed by atoms with Gasteiger partial charge in [-0.3, -0.25) is 4.79 Å². The molecule has 2 aromatic rings. The van der Waals surface area contributed by atoms with E-state index in [0.717, 1.165) is 10.5 Å². The molecule has 0 saturated carbocycles. The van der Waals surface area contributed by atoms with Gasteiger partial charge in [0.1, 0.15) is 11.3 Å². The van der Waals surface area contributed by atoms with Crippen LogP contribution in [0.25, 0.3) is 0 Å². The van der Waals surface area contributed by atoms with Crippen molar-refractivity contribution >= 4 is 23.6 Å². The zero-order valence-corrected chi connectivity index (χ0v) is 14.7. The Morgan fingerprint density at radius 2 is 1.68 bits per heavy atom. The molecule has 2 unspecified atom stereocenters. The van der Waals surface area contributed by atoms with E-state index >= 15 is 0 Å². The molecule has 1 amide bonds. The minimum Gasteiger partial charge on any atom is -0.480 e. The molecule has 0 saturated heterocycles. The van der Waals surface area contributed by atoms with E-state index in [1.165, 1.54) is 18.9 Å².